The number of aryl methyl sites for hydroxylation is 1. The Morgan fingerprint density at radius 2 is 1.64 bits per heavy atom. The summed E-state index contributed by atoms with van der Waals surface area (Å²) in [6.45, 7) is 12.0. The van der Waals surface area contributed by atoms with E-state index in [-0.39, 0.29) is 11.0 Å². The van der Waals surface area contributed by atoms with Crippen LogP contribution in [0.4, 0.5) is 21.1 Å². The highest BCUT2D eigenvalue weighted by Crippen LogP contribution is 2.32. The fourth-order valence-corrected chi connectivity index (χ4v) is 5.59. The summed E-state index contributed by atoms with van der Waals surface area (Å²) in [5.74, 6) is 0.431. The van der Waals surface area contributed by atoms with Crippen LogP contribution in [0.15, 0.2) is 78.0 Å². The van der Waals surface area contributed by atoms with Gasteiger partial charge in [-0.05, 0) is 48.0 Å². The predicted octanol–water partition coefficient (Wildman–Crippen LogP) is 6.90. The third kappa shape index (κ3) is 5.85. The van der Waals surface area contributed by atoms with Crippen LogP contribution in [0.2, 0.25) is 0 Å². The molecule has 12 heteroatoms. The summed E-state index contributed by atoms with van der Waals surface area (Å²) < 4.78 is 4.43. The molecular weight excluding hydrogens is 596 g/mol. The van der Waals surface area contributed by atoms with Crippen molar-refractivity contribution in [1.29, 1.82) is 0 Å². The molecule has 0 radical (unpaired) electrons. The second kappa shape index (κ2) is 11.2. The maximum atomic E-state index is 13.4. The molecule has 6 aromatic rings. The van der Waals surface area contributed by atoms with Gasteiger partial charge in [-0.3, -0.25) is 14.7 Å². The molecule has 2 aromatic carbocycles. The number of aromatic nitrogens is 6. The van der Waals surface area contributed by atoms with Crippen molar-refractivity contribution in [2.45, 2.75) is 52.4 Å². The lowest BCUT2D eigenvalue weighted by atomic mass is 9.92. The third-order valence-electron chi connectivity index (χ3n) is 8.01. The minimum Gasteiger partial charge on any atom is -0.464 e. The topological polar surface area (TPSA) is 149 Å². The van der Waals surface area contributed by atoms with E-state index in [4.69, 9.17) is 5.10 Å². The zero-order valence-corrected chi connectivity index (χ0v) is 27.3. The number of carbonyl (C=O) groups excluding carboxylic acids is 1. The first-order valence-corrected chi connectivity index (χ1v) is 15.1. The molecule has 0 fully saturated rings. The number of carbonyl (C=O) groups is 2. The molecule has 3 N–H and O–H groups in total. The predicted molar refractivity (Wildman–Crippen MR) is 183 cm³/mol. The van der Waals surface area contributed by atoms with Gasteiger partial charge in [0.1, 0.15) is 17.8 Å². The van der Waals surface area contributed by atoms with Crippen molar-refractivity contribution in [3.63, 3.8) is 0 Å². The van der Waals surface area contributed by atoms with E-state index in [1.54, 1.807) is 60.4 Å². The number of rotatable bonds is 4. The summed E-state index contributed by atoms with van der Waals surface area (Å²) in [5.41, 5.74) is 3.80. The van der Waals surface area contributed by atoms with Crippen LogP contribution in [-0.2, 0) is 17.9 Å². The minimum absolute atomic E-state index is 0.221. The maximum absolute atomic E-state index is 13.4. The second-order valence-corrected chi connectivity index (χ2v) is 13.6. The van der Waals surface area contributed by atoms with Crippen LogP contribution in [0, 0.1) is 0 Å². The number of benzene rings is 2. The smallest absolute Gasteiger partial charge is 0.416 e. The van der Waals surface area contributed by atoms with Crippen LogP contribution in [0.1, 0.15) is 52.9 Å². The van der Waals surface area contributed by atoms with Crippen LogP contribution < -0.4 is 16.2 Å². The van der Waals surface area contributed by atoms with Gasteiger partial charge in [0.25, 0.3) is 5.56 Å². The monoisotopic (exact) mass is 632 g/mol. The fourth-order valence-electron chi connectivity index (χ4n) is 5.59. The number of hydrogen-bond acceptors (Lipinski definition) is 6. The van der Waals surface area contributed by atoms with E-state index >= 15 is 0 Å². The number of pyridine rings is 1. The Labute approximate surface area is 270 Å². The first kappa shape index (κ1) is 31.2. The third-order valence-corrected chi connectivity index (χ3v) is 8.01. The average molecular weight is 633 g/mol. The lowest BCUT2D eigenvalue weighted by Gasteiger charge is -2.19. The highest BCUT2D eigenvalue weighted by molar-refractivity contribution is 6.00. The number of anilines is 2. The lowest BCUT2D eigenvalue weighted by molar-refractivity contribution is 0.195. The van der Waals surface area contributed by atoms with Crippen LogP contribution in [-0.4, -0.2) is 46.1 Å². The first-order valence-electron chi connectivity index (χ1n) is 15.1. The second-order valence-electron chi connectivity index (χ2n) is 13.6. The van der Waals surface area contributed by atoms with Gasteiger partial charge in [-0.25, -0.2) is 28.8 Å². The molecule has 4 aromatic heterocycles. The molecule has 0 spiro atoms. The quantitative estimate of drug-likeness (QED) is 0.191. The zero-order valence-electron chi connectivity index (χ0n) is 27.3. The number of amides is 2. The number of nitrogens with one attached hydrogen (secondary N) is 2. The molecule has 47 heavy (non-hydrogen) atoms. The molecule has 0 saturated carbocycles. The van der Waals surface area contributed by atoms with E-state index in [9.17, 15) is 19.5 Å². The van der Waals surface area contributed by atoms with Crippen LogP contribution in [0.25, 0.3) is 38.8 Å². The molecule has 12 nitrogen and oxygen atoms in total. The van der Waals surface area contributed by atoms with Crippen LogP contribution in [0.5, 0.6) is 0 Å². The molecule has 240 valence electrons. The molecule has 0 aliphatic rings. The van der Waals surface area contributed by atoms with Gasteiger partial charge in [-0.15, -0.1) is 0 Å². The van der Waals surface area contributed by atoms with Crippen molar-refractivity contribution in [1.82, 2.24) is 28.9 Å². The highest BCUT2D eigenvalue weighted by Gasteiger charge is 2.26. The Morgan fingerprint density at radius 1 is 0.872 bits per heavy atom. The molecule has 0 aliphatic heterocycles. The van der Waals surface area contributed by atoms with Crippen LogP contribution in [0.3, 0.4) is 0 Å². The number of carboxylic acid groups (broad SMARTS) is 1. The molecule has 0 bridgehead atoms. The zero-order chi connectivity index (χ0) is 33.8. The Hall–Kier alpha value is -5.78. The van der Waals surface area contributed by atoms with E-state index in [2.05, 4.69) is 20.6 Å². The first-order chi connectivity index (χ1) is 22.1. The molecule has 4 heterocycles. The fraction of sp³-hybridized carbons (Fsp3) is 0.257. The molecule has 0 atom stereocenters. The molecule has 0 aliphatic carbocycles. The number of urea groups is 1. The van der Waals surface area contributed by atoms with Crippen molar-refractivity contribution < 1.29 is 14.7 Å². The van der Waals surface area contributed by atoms with Gasteiger partial charge < -0.3 is 10.4 Å². The van der Waals surface area contributed by atoms with Gasteiger partial charge in [0.05, 0.1) is 16.9 Å². The minimum atomic E-state index is -1.05. The Balaban J connectivity index is 1.33. The largest absolute Gasteiger partial charge is 0.464 e. The summed E-state index contributed by atoms with van der Waals surface area (Å²) in [5, 5.41) is 22.1. The average Bonchev–Trinajstić information content (AvgIpc) is 3.61. The summed E-state index contributed by atoms with van der Waals surface area (Å²) in [6.07, 6.45) is 2.00. The Kier molecular flexibility index (Phi) is 7.46. The van der Waals surface area contributed by atoms with Crippen molar-refractivity contribution in [2.24, 2.45) is 7.05 Å². The van der Waals surface area contributed by atoms with Gasteiger partial charge in [0, 0.05) is 57.9 Å². The number of hydrogen-bond donors (Lipinski definition) is 3. The number of fused-ring (bicyclic) bond motifs is 2. The summed E-state index contributed by atoms with van der Waals surface area (Å²) >= 11 is 0. The van der Waals surface area contributed by atoms with E-state index < -0.39 is 17.5 Å². The van der Waals surface area contributed by atoms with Crippen molar-refractivity contribution in [3.8, 4) is 16.8 Å². The highest BCUT2D eigenvalue weighted by atomic mass is 16.4. The standard InChI is InChI=1S/C35H36N8O4/c1-34(2,3)27-17-29(43(40-27)24-11-12-26-21(14-24)16-28(35(4,5)6)42(26)33(46)47)39-32(45)38-23-10-8-9-20(13-23)25-15-22-18-36-19-37-30(22)41(7)31(25)44/h8-19H,1-7H3,(H,46,47)(H2,38,39,45). The Morgan fingerprint density at radius 3 is 2.34 bits per heavy atom. The van der Waals surface area contributed by atoms with Gasteiger partial charge in [-0.1, -0.05) is 53.7 Å². The normalized spacial score (nSPS) is 12.1. The van der Waals surface area contributed by atoms with Gasteiger partial charge in [-0.2, -0.15) is 5.10 Å². The lowest BCUT2D eigenvalue weighted by Crippen LogP contribution is -2.22. The molecular formula is C35H36N8O4. The van der Waals surface area contributed by atoms with Gasteiger partial charge >= 0.3 is 12.1 Å². The van der Waals surface area contributed by atoms with Crippen molar-refractivity contribution in [3.05, 3.63) is 94.9 Å². The maximum Gasteiger partial charge on any atom is 0.416 e. The molecule has 0 unspecified atom stereocenters. The number of nitrogens with zero attached hydrogens (tertiary/aromatic N) is 6. The summed E-state index contributed by atoms with van der Waals surface area (Å²) in [4.78, 5) is 47.0. The van der Waals surface area contributed by atoms with E-state index in [1.807, 2.05) is 59.7 Å². The molecule has 6 rings (SSSR count). The molecule has 0 saturated heterocycles. The van der Waals surface area contributed by atoms with E-state index in [0.717, 1.165) is 16.5 Å². The molecule has 2 amide bonds. The van der Waals surface area contributed by atoms with E-state index in [0.29, 0.717) is 45.2 Å². The van der Waals surface area contributed by atoms with Gasteiger partial charge in [0.15, 0.2) is 0 Å². The SMILES string of the molecule is Cn1c(=O)c(-c2cccc(NC(=O)Nc3cc(C(C)(C)C)nn3-c3ccc4c(c3)cc(C(C)(C)C)n4C(=O)O)c2)cc2cncnc21. The Bertz CT molecular complexity index is 2260. The van der Waals surface area contributed by atoms with Crippen LogP contribution >= 0.6 is 0 Å². The summed E-state index contributed by atoms with van der Waals surface area (Å²) in [7, 11) is 1.66. The van der Waals surface area contributed by atoms with Crippen molar-refractivity contribution >= 4 is 45.6 Å². The van der Waals surface area contributed by atoms with E-state index in [1.165, 1.54) is 15.5 Å². The summed E-state index contributed by atoms with van der Waals surface area (Å²) in [6, 6.07) is 17.4. The van der Waals surface area contributed by atoms with Crippen molar-refractivity contribution in [2.75, 3.05) is 10.6 Å². The van der Waals surface area contributed by atoms with Gasteiger partial charge in [0.2, 0.25) is 0 Å².